The van der Waals surface area contributed by atoms with E-state index in [1.54, 1.807) is 7.05 Å². The summed E-state index contributed by atoms with van der Waals surface area (Å²) in [5.74, 6) is 2.27. The highest BCUT2D eigenvalue weighted by molar-refractivity contribution is 5.79. The molecule has 1 aromatic carbocycles. The smallest absolute Gasteiger partial charge is 0.191 e. The Balaban J connectivity index is 1.59. The fraction of sp³-hybridized carbons (Fsp3) is 0.545. The van der Waals surface area contributed by atoms with Gasteiger partial charge in [0.25, 0.3) is 0 Å². The van der Waals surface area contributed by atoms with E-state index in [9.17, 15) is 5.11 Å². The second-order valence-corrected chi connectivity index (χ2v) is 7.42. The lowest BCUT2D eigenvalue weighted by Crippen LogP contribution is -2.36. The molecule has 1 heterocycles. The van der Waals surface area contributed by atoms with Gasteiger partial charge in [0.15, 0.2) is 11.7 Å². The van der Waals surface area contributed by atoms with Crippen molar-refractivity contribution in [2.75, 3.05) is 7.05 Å². The van der Waals surface area contributed by atoms with Crippen molar-refractivity contribution in [3.05, 3.63) is 46.3 Å². The number of nitrogens with zero attached hydrogens (tertiary/aromatic N) is 2. The van der Waals surface area contributed by atoms with Crippen LogP contribution in [-0.2, 0) is 25.9 Å². The van der Waals surface area contributed by atoms with Crippen molar-refractivity contribution in [3.8, 4) is 5.75 Å². The number of rotatable bonds is 7. The van der Waals surface area contributed by atoms with Crippen molar-refractivity contribution < 1.29 is 9.63 Å². The summed E-state index contributed by atoms with van der Waals surface area (Å²) in [5.41, 5.74) is 4.65. The van der Waals surface area contributed by atoms with E-state index in [0.29, 0.717) is 30.7 Å². The predicted octanol–water partition coefficient (Wildman–Crippen LogP) is 4.03. The van der Waals surface area contributed by atoms with Crippen molar-refractivity contribution in [1.29, 1.82) is 0 Å². The SMILES string of the molecule is CCC(CC)c1cc(CNC(=NC)NCc2c(O)ccc3c2CCCC3)on1. The molecule has 0 aliphatic heterocycles. The molecule has 0 bridgehead atoms. The van der Waals surface area contributed by atoms with E-state index >= 15 is 0 Å². The van der Waals surface area contributed by atoms with Crippen LogP contribution in [0.5, 0.6) is 5.75 Å². The van der Waals surface area contributed by atoms with Gasteiger partial charge in [-0.15, -0.1) is 0 Å². The third kappa shape index (κ3) is 4.66. The summed E-state index contributed by atoms with van der Waals surface area (Å²) >= 11 is 0. The minimum Gasteiger partial charge on any atom is -0.508 e. The van der Waals surface area contributed by atoms with Gasteiger partial charge in [-0.3, -0.25) is 4.99 Å². The lowest BCUT2D eigenvalue weighted by molar-refractivity contribution is 0.368. The lowest BCUT2D eigenvalue weighted by Gasteiger charge is -2.21. The molecule has 6 heteroatoms. The van der Waals surface area contributed by atoms with Gasteiger partial charge in [0.2, 0.25) is 0 Å². The predicted molar refractivity (Wildman–Crippen MR) is 112 cm³/mol. The summed E-state index contributed by atoms with van der Waals surface area (Å²) in [6.45, 7) is 5.41. The van der Waals surface area contributed by atoms with Gasteiger partial charge in [0.05, 0.1) is 12.2 Å². The average molecular weight is 385 g/mol. The number of hydrogen-bond donors (Lipinski definition) is 3. The zero-order valence-electron chi connectivity index (χ0n) is 17.2. The number of fused-ring (bicyclic) bond motifs is 1. The molecule has 0 fully saturated rings. The van der Waals surface area contributed by atoms with Gasteiger partial charge >= 0.3 is 0 Å². The fourth-order valence-electron chi connectivity index (χ4n) is 3.96. The highest BCUT2D eigenvalue weighted by atomic mass is 16.5. The number of nitrogens with one attached hydrogen (secondary N) is 2. The lowest BCUT2D eigenvalue weighted by atomic mass is 9.88. The zero-order chi connectivity index (χ0) is 19.9. The van der Waals surface area contributed by atoms with Crippen molar-refractivity contribution in [2.24, 2.45) is 4.99 Å². The van der Waals surface area contributed by atoms with Crippen molar-refractivity contribution in [2.45, 2.75) is 71.4 Å². The molecule has 6 nitrogen and oxygen atoms in total. The maximum atomic E-state index is 10.3. The Labute approximate surface area is 167 Å². The molecule has 0 amide bonds. The summed E-state index contributed by atoms with van der Waals surface area (Å²) < 4.78 is 5.47. The number of aryl methyl sites for hydroxylation is 1. The van der Waals surface area contributed by atoms with E-state index in [0.717, 1.165) is 42.7 Å². The Hall–Kier alpha value is -2.50. The second-order valence-electron chi connectivity index (χ2n) is 7.42. The van der Waals surface area contributed by atoms with Crippen LogP contribution < -0.4 is 10.6 Å². The number of guanidine groups is 1. The molecule has 1 aromatic heterocycles. The molecule has 28 heavy (non-hydrogen) atoms. The molecule has 3 rings (SSSR count). The zero-order valence-corrected chi connectivity index (χ0v) is 17.2. The number of hydrogen-bond acceptors (Lipinski definition) is 4. The first kappa shape index (κ1) is 20.2. The van der Waals surface area contributed by atoms with Gasteiger partial charge in [-0.1, -0.05) is 25.1 Å². The highest BCUT2D eigenvalue weighted by Gasteiger charge is 2.17. The molecule has 0 spiro atoms. The van der Waals surface area contributed by atoms with E-state index in [-0.39, 0.29) is 0 Å². The largest absolute Gasteiger partial charge is 0.508 e. The fourth-order valence-corrected chi connectivity index (χ4v) is 3.96. The van der Waals surface area contributed by atoms with Crippen LogP contribution in [0.3, 0.4) is 0 Å². The normalized spacial score (nSPS) is 14.2. The van der Waals surface area contributed by atoms with Gasteiger partial charge < -0.3 is 20.3 Å². The summed E-state index contributed by atoms with van der Waals surface area (Å²) in [6, 6.07) is 5.89. The summed E-state index contributed by atoms with van der Waals surface area (Å²) in [6.07, 6.45) is 6.66. The molecule has 0 atom stereocenters. The van der Waals surface area contributed by atoms with Crippen LogP contribution in [0.25, 0.3) is 0 Å². The highest BCUT2D eigenvalue weighted by Crippen LogP contribution is 2.30. The molecule has 0 radical (unpaired) electrons. The Bertz CT molecular complexity index is 809. The molecule has 0 saturated carbocycles. The van der Waals surface area contributed by atoms with Crippen molar-refractivity contribution in [3.63, 3.8) is 0 Å². The first-order valence-corrected chi connectivity index (χ1v) is 10.4. The van der Waals surface area contributed by atoms with Crippen LogP contribution in [0.4, 0.5) is 0 Å². The molecule has 0 unspecified atom stereocenters. The van der Waals surface area contributed by atoms with Crippen molar-refractivity contribution in [1.82, 2.24) is 15.8 Å². The monoisotopic (exact) mass is 384 g/mol. The Morgan fingerprint density at radius 3 is 2.68 bits per heavy atom. The number of benzene rings is 1. The van der Waals surface area contributed by atoms with E-state index in [2.05, 4.69) is 40.7 Å². The maximum absolute atomic E-state index is 10.3. The molecule has 1 aliphatic carbocycles. The minimum atomic E-state index is 0.355. The van der Waals surface area contributed by atoms with Gasteiger partial charge in [0, 0.05) is 31.1 Å². The van der Waals surface area contributed by atoms with E-state index < -0.39 is 0 Å². The number of aromatic nitrogens is 1. The van der Waals surface area contributed by atoms with Gasteiger partial charge in [0.1, 0.15) is 5.75 Å². The second kappa shape index (κ2) is 9.62. The Morgan fingerprint density at radius 1 is 1.18 bits per heavy atom. The molecule has 3 N–H and O–H groups in total. The van der Waals surface area contributed by atoms with E-state index in [1.807, 2.05) is 12.1 Å². The summed E-state index contributed by atoms with van der Waals surface area (Å²) in [4.78, 5) is 4.28. The molecular weight excluding hydrogens is 352 g/mol. The molecule has 2 aromatic rings. The van der Waals surface area contributed by atoms with Gasteiger partial charge in [-0.05, 0) is 55.7 Å². The third-order valence-corrected chi connectivity index (χ3v) is 5.69. The molecule has 0 saturated heterocycles. The van der Waals surface area contributed by atoms with E-state index in [4.69, 9.17) is 4.52 Å². The number of aliphatic imine (C=N–C) groups is 1. The van der Waals surface area contributed by atoms with Gasteiger partial charge in [-0.25, -0.2) is 0 Å². The van der Waals surface area contributed by atoms with Crippen LogP contribution in [0.1, 0.15) is 73.6 Å². The molecule has 1 aliphatic rings. The number of aromatic hydroxyl groups is 1. The van der Waals surface area contributed by atoms with E-state index in [1.165, 1.54) is 24.0 Å². The Morgan fingerprint density at radius 2 is 1.93 bits per heavy atom. The first-order valence-electron chi connectivity index (χ1n) is 10.4. The van der Waals surface area contributed by atoms with Crippen molar-refractivity contribution >= 4 is 5.96 Å². The third-order valence-electron chi connectivity index (χ3n) is 5.69. The average Bonchev–Trinajstić information content (AvgIpc) is 3.19. The van der Waals surface area contributed by atoms with Gasteiger partial charge in [-0.2, -0.15) is 0 Å². The van der Waals surface area contributed by atoms with Crippen LogP contribution in [-0.4, -0.2) is 23.3 Å². The standard InChI is InChI=1S/C22H32N4O2/c1-4-15(5-2)20-12-17(28-26-20)13-24-22(23-3)25-14-19-18-9-7-6-8-16(18)10-11-21(19)27/h10-12,15,27H,4-9,13-14H2,1-3H3,(H2,23,24,25). The summed E-state index contributed by atoms with van der Waals surface area (Å²) in [5, 5.41) is 21.1. The Kier molecular flexibility index (Phi) is 6.95. The first-order chi connectivity index (χ1) is 13.7. The van der Waals surface area contributed by atoms with Crippen LogP contribution in [0.15, 0.2) is 27.7 Å². The molecular formula is C22H32N4O2. The topological polar surface area (TPSA) is 82.7 Å². The molecule has 152 valence electrons. The quantitative estimate of drug-likeness (QED) is 0.496. The number of phenols is 1. The number of phenolic OH excluding ortho intramolecular Hbond substituents is 1. The minimum absolute atomic E-state index is 0.355. The summed E-state index contributed by atoms with van der Waals surface area (Å²) in [7, 11) is 1.74. The van der Waals surface area contributed by atoms with Crippen LogP contribution in [0, 0.1) is 0 Å². The van der Waals surface area contributed by atoms with Crippen LogP contribution >= 0.6 is 0 Å². The maximum Gasteiger partial charge on any atom is 0.191 e. The van der Waals surface area contributed by atoms with Crippen LogP contribution in [0.2, 0.25) is 0 Å².